The second kappa shape index (κ2) is 4.07. The molecular formula is C9H12O4. The molecule has 0 aromatic carbocycles. The van der Waals surface area contributed by atoms with Crippen LogP contribution in [0.2, 0.25) is 0 Å². The van der Waals surface area contributed by atoms with E-state index < -0.39 is 11.9 Å². The maximum atomic E-state index is 10.3. The Bertz CT molecular complexity index is 220. The number of hydrogen-bond donors (Lipinski definition) is 2. The van der Waals surface area contributed by atoms with Gasteiger partial charge in [-0.05, 0) is 18.3 Å². The summed E-state index contributed by atoms with van der Waals surface area (Å²) < 4.78 is 0. The van der Waals surface area contributed by atoms with E-state index in [1.165, 1.54) is 0 Å². The van der Waals surface area contributed by atoms with Crippen molar-refractivity contribution < 1.29 is 19.8 Å². The summed E-state index contributed by atoms with van der Waals surface area (Å²) in [6, 6.07) is 0. The number of carboxylic acid groups (broad SMARTS) is 2. The van der Waals surface area contributed by atoms with Gasteiger partial charge in [0.05, 0.1) is 12.8 Å². The molecule has 0 saturated heterocycles. The van der Waals surface area contributed by atoms with Gasteiger partial charge in [-0.1, -0.05) is 12.2 Å². The van der Waals surface area contributed by atoms with E-state index in [-0.39, 0.29) is 24.7 Å². The van der Waals surface area contributed by atoms with Crippen molar-refractivity contribution in [2.45, 2.75) is 19.3 Å². The molecule has 0 amide bonds. The number of carbonyl (C=O) groups is 2. The fourth-order valence-electron chi connectivity index (χ4n) is 1.61. The van der Waals surface area contributed by atoms with Gasteiger partial charge in [-0.3, -0.25) is 9.59 Å². The molecule has 2 N–H and O–H groups in total. The van der Waals surface area contributed by atoms with E-state index in [0.29, 0.717) is 6.42 Å². The minimum absolute atomic E-state index is 0.0156. The fourth-order valence-corrected chi connectivity index (χ4v) is 1.61. The van der Waals surface area contributed by atoms with Crippen molar-refractivity contribution in [3.8, 4) is 0 Å². The lowest BCUT2D eigenvalue weighted by Crippen LogP contribution is -2.07. The molecule has 2 atom stereocenters. The van der Waals surface area contributed by atoms with Crippen LogP contribution in [0.4, 0.5) is 0 Å². The Labute approximate surface area is 75.9 Å². The van der Waals surface area contributed by atoms with Crippen LogP contribution in [-0.4, -0.2) is 22.2 Å². The van der Waals surface area contributed by atoms with Crippen LogP contribution in [0.25, 0.3) is 0 Å². The third-order valence-electron chi connectivity index (χ3n) is 2.13. The zero-order valence-electron chi connectivity index (χ0n) is 7.14. The topological polar surface area (TPSA) is 74.6 Å². The van der Waals surface area contributed by atoms with Crippen LogP contribution >= 0.6 is 0 Å². The van der Waals surface area contributed by atoms with Crippen LogP contribution in [0, 0.1) is 11.8 Å². The third-order valence-corrected chi connectivity index (χ3v) is 2.13. The predicted octanol–water partition coefficient (Wildman–Crippen LogP) is 1.13. The first-order valence-corrected chi connectivity index (χ1v) is 4.20. The molecule has 0 saturated carbocycles. The Morgan fingerprint density at radius 2 is 1.46 bits per heavy atom. The Morgan fingerprint density at radius 1 is 1.08 bits per heavy atom. The first-order chi connectivity index (χ1) is 6.08. The summed E-state index contributed by atoms with van der Waals surface area (Å²) in [6.45, 7) is 0. The van der Waals surface area contributed by atoms with E-state index in [2.05, 4.69) is 0 Å². The average molecular weight is 184 g/mol. The molecule has 13 heavy (non-hydrogen) atoms. The van der Waals surface area contributed by atoms with Gasteiger partial charge in [0, 0.05) is 0 Å². The van der Waals surface area contributed by atoms with Gasteiger partial charge in [-0.15, -0.1) is 0 Å². The second-order valence-corrected chi connectivity index (χ2v) is 3.34. The normalized spacial score (nSPS) is 26.2. The molecule has 1 rings (SSSR count). The first-order valence-electron chi connectivity index (χ1n) is 4.20. The zero-order valence-corrected chi connectivity index (χ0v) is 7.14. The SMILES string of the molecule is O=C(O)C[C@H]1C=C[C@@H](CC(=O)O)C1. The van der Waals surface area contributed by atoms with Crippen LogP contribution in [0.5, 0.6) is 0 Å². The average Bonchev–Trinajstić information content (AvgIpc) is 2.33. The summed E-state index contributed by atoms with van der Waals surface area (Å²) in [5.41, 5.74) is 0. The van der Waals surface area contributed by atoms with Crippen molar-refractivity contribution in [3.63, 3.8) is 0 Å². The van der Waals surface area contributed by atoms with Crippen molar-refractivity contribution in [1.82, 2.24) is 0 Å². The highest BCUT2D eigenvalue weighted by molar-refractivity contribution is 5.68. The lowest BCUT2D eigenvalue weighted by Gasteiger charge is -2.07. The molecule has 0 spiro atoms. The van der Waals surface area contributed by atoms with E-state index in [0.717, 1.165) is 0 Å². The highest BCUT2D eigenvalue weighted by atomic mass is 16.4. The second-order valence-electron chi connectivity index (χ2n) is 3.34. The van der Waals surface area contributed by atoms with Gasteiger partial charge in [-0.25, -0.2) is 0 Å². The van der Waals surface area contributed by atoms with E-state index in [1.54, 1.807) is 0 Å². The molecule has 1 aliphatic rings. The summed E-state index contributed by atoms with van der Waals surface area (Å²) in [7, 11) is 0. The van der Waals surface area contributed by atoms with E-state index in [4.69, 9.17) is 10.2 Å². The van der Waals surface area contributed by atoms with E-state index in [9.17, 15) is 9.59 Å². The summed E-state index contributed by atoms with van der Waals surface area (Å²) in [5, 5.41) is 17.0. The molecule has 0 aromatic rings. The van der Waals surface area contributed by atoms with Crippen molar-refractivity contribution in [2.75, 3.05) is 0 Å². The van der Waals surface area contributed by atoms with Crippen LogP contribution in [-0.2, 0) is 9.59 Å². The Hall–Kier alpha value is -1.32. The molecule has 0 bridgehead atoms. The highest BCUT2D eigenvalue weighted by Gasteiger charge is 2.22. The predicted molar refractivity (Wildman–Crippen MR) is 45.2 cm³/mol. The first kappa shape index (κ1) is 9.77. The molecule has 0 radical (unpaired) electrons. The van der Waals surface area contributed by atoms with Crippen molar-refractivity contribution in [1.29, 1.82) is 0 Å². The number of carboxylic acids is 2. The molecular weight excluding hydrogens is 172 g/mol. The van der Waals surface area contributed by atoms with E-state index >= 15 is 0 Å². The maximum absolute atomic E-state index is 10.3. The summed E-state index contributed by atoms with van der Waals surface area (Å²) in [5.74, 6) is -1.63. The molecule has 4 heteroatoms. The van der Waals surface area contributed by atoms with Crippen LogP contribution < -0.4 is 0 Å². The number of allylic oxidation sites excluding steroid dienone is 2. The summed E-state index contributed by atoms with van der Waals surface area (Å²) in [6.07, 6.45) is 4.47. The standard InChI is InChI=1S/C9H12O4/c10-8(11)4-6-1-2-7(3-6)5-9(12)13/h1-2,6-7H,3-5H2,(H,10,11)(H,12,13)/t6-,7+. The minimum atomic E-state index is -0.828. The molecule has 1 aliphatic carbocycles. The largest absolute Gasteiger partial charge is 0.481 e. The number of aliphatic carboxylic acids is 2. The number of rotatable bonds is 4. The highest BCUT2D eigenvalue weighted by Crippen LogP contribution is 2.28. The smallest absolute Gasteiger partial charge is 0.303 e. The van der Waals surface area contributed by atoms with Gasteiger partial charge >= 0.3 is 11.9 Å². The van der Waals surface area contributed by atoms with Gasteiger partial charge in [-0.2, -0.15) is 0 Å². The quantitative estimate of drug-likeness (QED) is 0.642. The maximum Gasteiger partial charge on any atom is 0.303 e. The molecule has 0 unspecified atom stereocenters. The molecule has 0 aliphatic heterocycles. The Balaban J connectivity index is 2.33. The molecule has 0 heterocycles. The Kier molecular flexibility index (Phi) is 3.06. The van der Waals surface area contributed by atoms with Crippen molar-refractivity contribution in [3.05, 3.63) is 12.2 Å². The lowest BCUT2D eigenvalue weighted by molar-refractivity contribution is -0.138. The third kappa shape index (κ3) is 3.27. The molecule has 0 fully saturated rings. The van der Waals surface area contributed by atoms with Crippen molar-refractivity contribution >= 4 is 11.9 Å². The van der Waals surface area contributed by atoms with Gasteiger partial charge in [0.25, 0.3) is 0 Å². The Morgan fingerprint density at radius 3 is 1.77 bits per heavy atom. The molecule has 0 aromatic heterocycles. The van der Waals surface area contributed by atoms with Crippen LogP contribution in [0.15, 0.2) is 12.2 Å². The minimum Gasteiger partial charge on any atom is -0.481 e. The van der Waals surface area contributed by atoms with Gasteiger partial charge in [0.1, 0.15) is 0 Å². The van der Waals surface area contributed by atoms with Gasteiger partial charge < -0.3 is 10.2 Å². The van der Waals surface area contributed by atoms with E-state index in [1.807, 2.05) is 12.2 Å². The summed E-state index contributed by atoms with van der Waals surface area (Å²) in [4.78, 5) is 20.7. The fraction of sp³-hybridized carbons (Fsp3) is 0.556. The van der Waals surface area contributed by atoms with Crippen LogP contribution in [0.3, 0.4) is 0 Å². The van der Waals surface area contributed by atoms with Gasteiger partial charge in [0.15, 0.2) is 0 Å². The number of hydrogen-bond acceptors (Lipinski definition) is 2. The summed E-state index contributed by atoms with van der Waals surface area (Å²) >= 11 is 0. The molecule has 4 nitrogen and oxygen atoms in total. The zero-order chi connectivity index (χ0) is 9.84. The lowest BCUT2D eigenvalue weighted by atomic mass is 9.98. The van der Waals surface area contributed by atoms with Crippen molar-refractivity contribution in [2.24, 2.45) is 11.8 Å². The van der Waals surface area contributed by atoms with Gasteiger partial charge in [0.2, 0.25) is 0 Å². The monoisotopic (exact) mass is 184 g/mol. The van der Waals surface area contributed by atoms with Crippen LogP contribution in [0.1, 0.15) is 19.3 Å². The molecule has 72 valence electrons.